The summed E-state index contributed by atoms with van der Waals surface area (Å²) in [6.45, 7) is 2.05. The van der Waals surface area contributed by atoms with Crippen LogP contribution >= 0.6 is 22.6 Å². The monoisotopic (exact) mass is 573 g/mol. The number of hydrogen-bond acceptors (Lipinski definition) is 6. The molecule has 34 heavy (non-hydrogen) atoms. The maximum absolute atomic E-state index is 12.3. The second-order valence-electron chi connectivity index (χ2n) is 6.89. The topological polar surface area (TPSA) is 98.3 Å². The summed E-state index contributed by atoms with van der Waals surface area (Å²) in [5.74, 6) is 0.790. The van der Waals surface area contributed by atoms with E-state index in [0.717, 1.165) is 3.57 Å². The first-order valence-corrected chi connectivity index (χ1v) is 11.5. The fraction of sp³-hybridized carbons (Fsp3) is 0.160. The van der Waals surface area contributed by atoms with E-state index in [-0.39, 0.29) is 18.4 Å². The largest absolute Gasteiger partial charge is 0.495 e. The third-order valence-electron chi connectivity index (χ3n) is 4.47. The van der Waals surface area contributed by atoms with E-state index in [4.69, 9.17) is 14.2 Å². The Balaban J connectivity index is 1.61. The number of nitrogens with one attached hydrogen (secondary N) is 2. The Hall–Kier alpha value is -3.60. The molecule has 0 atom stereocenters. The van der Waals surface area contributed by atoms with Crippen molar-refractivity contribution in [2.24, 2.45) is 5.10 Å². The van der Waals surface area contributed by atoms with Crippen LogP contribution in [0.25, 0.3) is 0 Å². The number of hydrogen-bond donors (Lipinski definition) is 2. The number of ether oxygens (including phenoxy) is 3. The summed E-state index contributed by atoms with van der Waals surface area (Å²) >= 11 is 2.14. The highest BCUT2D eigenvalue weighted by Crippen LogP contribution is 2.28. The molecule has 2 N–H and O–H groups in total. The molecule has 0 fully saturated rings. The second-order valence-corrected chi connectivity index (χ2v) is 8.13. The number of halogens is 1. The molecule has 0 saturated heterocycles. The van der Waals surface area contributed by atoms with Gasteiger partial charge in [-0.2, -0.15) is 5.10 Å². The number of benzene rings is 3. The van der Waals surface area contributed by atoms with Crippen molar-refractivity contribution in [1.29, 1.82) is 0 Å². The lowest BCUT2D eigenvalue weighted by Crippen LogP contribution is -2.20. The molecule has 0 aliphatic rings. The fourth-order valence-corrected chi connectivity index (χ4v) is 3.47. The van der Waals surface area contributed by atoms with E-state index < -0.39 is 0 Å². The number of hydrazone groups is 1. The molecule has 0 aliphatic heterocycles. The molecule has 0 aromatic heterocycles. The number of amides is 2. The Labute approximate surface area is 211 Å². The highest BCUT2D eigenvalue weighted by molar-refractivity contribution is 14.1. The van der Waals surface area contributed by atoms with Crippen molar-refractivity contribution in [1.82, 2.24) is 5.43 Å². The molecule has 3 aromatic carbocycles. The SMILES string of the molecule is CCOc1cc(/C=N\NC(=O)c2cccc(I)c2)ccc1OCC(=O)Nc1ccccc1OC. The maximum Gasteiger partial charge on any atom is 0.271 e. The van der Waals surface area contributed by atoms with Crippen LogP contribution in [0.3, 0.4) is 0 Å². The number of methoxy groups -OCH3 is 1. The summed E-state index contributed by atoms with van der Waals surface area (Å²) < 4.78 is 17.5. The van der Waals surface area contributed by atoms with Crippen LogP contribution in [0.4, 0.5) is 5.69 Å². The van der Waals surface area contributed by atoms with Crippen molar-refractivity contribution in [2.75, 3.05) is 25.6 Å². The highest BCUT2D eigenvalue weighted by Gasteiger charge is 2.11. The average molecular weight is 573 g/mol. The molecule has 0 aliphatic carbocycles. The van der Waals surface area contributed by atoms with Crippen molar-refractivity contribution in [2.45, 2.75) is 6.92 Å². The first kappa shape index (κ1) is 25.0. The molecule has 0 unspecified atom stereocenters. The number of anilines is 1. The number of carbonyl (C=O) groups is 2. The quantitative estimate of drug-likeness (QED) is 0.212. The number of rotatable bonds is 10. The predicted molar refractivity (Wildman–Crippen MR) is 139 cm³/mol. The van der Waals surface area contributed by atoms with E-state index >= 15 is 0 Å². The smallest absolute Gasteiger partial charge is 0.271 e. The van der Waals surface area contributed by atoms with Crippen LogP contribution in [-0.2, 0) is 4.79 Å². The van der Waals surface area contributed by atoms with Gasteiger partial charge in [0.1, 0.15) is 5.75 Å². The number of carbonyl (C=O) groups excluding carboxylic acids is 2. The van der Waals surface area contributed by atoms with E-state index in [2.05, 4.69) is 38.4 Å². The Bertz CT molecular complexity index is 1180. The third-order valence-corrected chi connectivity index (χ3v) is 5.14. The predicted octanol–water partition coefficient (Wildman–Crippen LogP) is 4.48. The van der Waals surface area contributed by atoms with Crippen LogP contribution in [0.15, 0.2) is 71.8 Å². The lowest BCUT2D eigenvalue weighted by Gasteiger charge is -2.13. The van der Waals surface area contributed by atoms with Gasteiger partial charge in [-0.1, -0.05) is 18.2 Å². The molecule has 176 valence electrons. The molecular formula is C25H24IN3O5. The van der Waals surface area contributed by atoms with Crippen LogP contribution in [-0.4, -0.2) is 38.4 Å². The van der Waals surface area contributed by atoms with Gasteiger partial charge in [0.2, 0.25) is 0 Å². The molecule has 0 heterocycles. The van der Waals surface area contributed by atoms with Crippen molar-refractivity contribution in [3.8, 4) is 17.2 Å². The Morgan fingerprint density at radius 3 is 2.56 bits per heavy atom. The normalized spacial score (nSPS) is 10.6. The summed E-state index contributed by atoms with van der Waals surface area (Å²) in [7, 11) is 1.54. The van der Waals surface area contributed by atoms with Crippen molar-refractivity contribution in [3.05, 3.63) is 81.4 Å². The minimum absolute atomic E-state index is 0.211. The molecule has 0 spiro atoms. The molecule has 2 amide bonds. The van der Waals surface area contributed by atoms with Gasteiger partial charge in [0.15, 0.2) is 18.1 Å². The summed E-state index contributed by atoms with van der Waals surface area (Å²) in [6, 6.07) is 19.5. The van der Waals surface area contributed by atoms with Gasteiger partial charge in [0.25, 0.3) is 11.8 Å². The zero-order valence-corrected chi connectivity index (χ0v) is 20.9. The van der Waals surface area contributed by atoms with Crippen LogP contribution in [0.2, 0.25) is 0 Å². The van der Waals surface area contributed by atoms with Gasteiger partial charge < -0.3 is 19.5 Å². The first-order chi connectivity index (χ1) is 16.5. The fourth-order valence-electron chi connectivity index (χ4n) is 2.93. The van der Waals surface area contributed by atoms with Gasteiger partial charge in [-0.25, -0.2) is 5.43 Å². The molecule has 3 aromatic rings. The van der Waals surface area contributed by atoms with E-state index in [9.17, 15) is 9.59 Å². The zero-order chi connectivity index (χ0) is 24.3. The molecule has 9 heteroatoms. The summed E-state index contributed by atoms with van der Waals surface area (Å²) in [5.41, 5.74) is 4.28. The number of nitrogens with zero attached hydrogens (tertiary/aromatic N) is 1. The molecule has 3 rings (SSSR count). The van der Waals surface area contributed by atoms with Crippen LogP contribution in [0.5, 0.6) is 17.2 Å². The van der Waals surface area contributed by atoms with Crippen molar-refractivity contribution in [3.63, 3.8) is 0 Å². The minimum Gasteiger partial charge on any atom is -0.495 e. The molecule has 0 saturated carbocycles. The van der Waals surface area contributed by atoms with E-state index in [0.29, 0.717) is 40.7 Å². The van der Waals surface area contributed by atoms with Gasteiger partial charge in [-0.05, 0) is 83.6 Å². The average Bonchev–Trinajstić information content (AvgIpc) is 2.84. The van der Waals surface area contributed by atoms with Gasteiger partial charge >= 0.3 is 0 Å². The molecule has 0 bridgehead atoms. The molecular weight excluding hydrogens is 549 g/mol. The Morgan fingerprint density at radius 1 is 0.971 bits per heavy atom. The molecule has 0 radical (unpaired) electrons. The van der Waals surface area contributed by atoms with Gasteiger partial charge in [-0.15, -0.1) is 0 Å². The Kier molecular flexibility index (Phi) is 9.27. The van der Waals surface area contributed by atoms with Gasteiger partial charge in [0.05, 0.1) is 25.6 Å². The van der Waals surface area contributed by atoms with Gasteiger partial charge in [0, 0.05) is 9.13 Å². The number of para-hydroxylation sites is 2. The van der Waals surface area contributed by atoms with Crippen molar-refractivity contribution < 1.29 is 23.8 Å². The zero-order valence-electron chi connectivity index (χ0n) is 18.7. The van der Waals surface area contributed by atoms with Crippen molar-refractivity contribution >= 4 is 46.3 Å². The van der Waals surface area contributed by atoms with Crippen LogP contribution in [0.1, 0.15) is 22.8 Å². The lowest BCUT2D eigenvalue weighted by molar-refractivity contribution is -0.118. The lowest BCUT2D eigenvalue weighted by atomic mass is 10.2. The molecule has 8 nitrogen and oxygen atoms in total. The summed E-state index contributed by atoms with van der Waals surface area (Å²) in [5, 5.41) is 6.77. The first-order valence-electron chi connectivity index (χ1n) is 10.4. The minimum atomic E-state index is -0.337. The third kappa shape index (κ3) is 7.20. The standard InChI is InChI=1S/C25H24IN3O5/c1-3-33-23-13-17(15-27-29-25(31)18-7-6-8-19(26)14-18)11-12-22(23)34-16-24(30)28-20-9-4-5-10-21(20)32-2/h4-15H,3,16H2,1-2H3,(H,28,30)(H,29,31)/b27-15-. The van der Waals surface area contributed by atoms with E-state index in [1.807, 2.05) is 25.1 Å². The second kappa shape index (κ2) is 12.6. The summed E-state index contributed by atoms with van der Waals surface area (Å²) in [6.07, 6.45) is 1.51. The Morgan fingerprint density at radius 2 is 1.79 bits per heavy atom. The van der Waals surface area contributed by atoms with Gasteiger partial charge in [-0.3, -0.25) is 9.59 Å². The van der Waals surface area contributed by atoms with Crippen LogP contribution < -0.4 is 25.0 Å². The maximum atomic E-state index is 12.3. The summed E-state index contributed by atoms with van der Waals surface area (Å²) in [4.78, 5) is 24.6. The highest BCUT2D eigenvalue weighted by atomic mass is 127. The van der Waals surface area contributed by atoms with E-state index in [1.54, 1.807) is 48.5 Å². The van der Waals surface area contributed by atoms with Crippen LogP contribution in [0, 0.1) is 3.57 Å². The van der Waals surface area contributed by atoms with E-state index in [1.165, 1.54) is 13.3 Å².